The first kappa shape index (κ1) is 10.5. The number of rotatable bonds is 2. The van der Waals surface area contributed by atoms with Crippen LogP contribution in [0.15, 0.2) is 11.4 Å². The van der Waals surface area contributed by atoms with Crippen molar-refractivity contribution in [2.75, 3.05) is 5.73 Å². The molecule has 5 heteroatoms. The molecule has 0 radical (unpaired) electrons. The Labute approximate surface area is 97.5 Å². The number of halogens is 1. The molecule has 0 amide bonds. The Bertz CT molecular complexity index is 487. The van der Waals surface area contributed by atoms with Crippen molar-refractivity contribution in [2.24, 2.45) is 0 Å². The first-order chi connectivity index (χ1) is 7.09. The van der Waals surface area contributed by atoms with Crippen LogP contribution in [0, 0.1) is 13.8 Å². The SMILES string of the molecule is Cc1nn(Cc2sccc2Cl)c(C)c1N. The zero-order chi connectivity index (χ0) is 11.0. The van der Waals surface area contributed by atoms with Crippen molar-refractivity contribution >= 4 is 28.6 Å². The smallest absolute Gasteiger partial charge is 0.0826 e. The highest BCUT2D eigenvalue weighted by atomic mass is 35.5. The number of nitrogens with two attached hydrogens (primary N) is 1. The molecule has 80 valence electrons. The molecule has 2 N–H and O–H groups in total. The van der Waals surface area contributed by atoms with Gasteiger partial charge in [-0.05, 0) is 25.3 Å². The minimum absolute atomic E-state index is 0.695. The molecule has 0 saturated heterocycles. The van der Waals surface area contributed by atoms with Gasteiger partial charge in [0.2, 0.25) is 0 Å². The lowest BCUT2D eigenvalue weighted by atomic mass is 10.3. The minimum atomic E-state index is 0.695. The van der Waals surface area contributed by atoms with Crippen LogP contribution >= 0.6 is 22.9 Å². The number of nitrogen functional groups attached to an aromatic ring is 1. The van der Waals surface area contributed by atoms with Gasteiger partial charge in [-0.25, -0.2) is 0 Å². The van der Waals surface area contributed by atoms with Gasteiger partial charge < -0.3 is 5.73 Å². The van der Waals surface area contributed by atoms with Crippen LogP contribution in [-0.4, -0.2) is 9.78 Å². The first-order valence-electron chi connectivity index (χ1n) is 4.61. The monoisotopic (exact) mass is 241 g/mol. The summed E-state index contributed by atoms with van der Waals surface area (Å²) in [5.74, 6) is 0. The van der Waals surface area contributed by atoms with Gasteiger partial charge in [-0.3, -0.25) is 4.68 Å². The number of nitrogens with zero attached hydrogens (tertiary/aromatic N) is 2. The van der Waals surface area contributed by atoms with Gasteiger partial charge in [-0.1, -0.05) is 11.6 Å². The Morgan fingerprint density at radius 2 is 2.27 bits per heavy atom. The molecule has 0 fully saturated rings. The molecule has 0 aromatic carbocycles. The molecule has 2 aromatic rings. The van der Waals surface area contributed by atoms with Crippen molar-refractivity contribution in [3.63, 3.8) is 0 Å². The van der Waals surface area contributed by atoms with Crippen LogP contribution < -0.4 is 5.73 Å². The summed E-state index contributed by atoms with van der Waals surface area (Å²) in [6.45, 7) is 4.58. The van der Waals surface area contributed by atoms with Crippen LogP contribution in [0.5, 0.6) is 0 Å². The summed E-state index contributed by atoms with van der Waals surface area (Å²) < 4.78 is 1.89. The highest BCUT2D eigenvalue weighted by Gasteiger charge is 2.10. The second kappa shape index (κ2) is 3.87. The molecule has 2 heterocycles. The average molecular weight is 242 g/mol. The van der Waals surface area contributed by atoms with Crippen LogP contribution in [0.1, 0.15) is 16.3 Å². The summed E-state index contributed by atoms with van der Waals surface area (Å²) in [6.07, 6.45) is 0. The summed E-state index contributed by atoms with van der Waals surface area (Å²) in [5, 5.41) is 7.14. The zero-order valence-electron chi connectivity index (χ0n) is 8.62. The van der Waals surface area contributed by atoms with E-state index in [9.17, 15) is 0 Å². The van der Waals surface area contributed by atoms with E-state index in [1.54, 1.807) is 11.3 Å². The number of aryl methyl sites for hydroxylation is 1. The van der Waals surface area contributed by atoms with Crippen molar-refractivity contribution in [3.8, 4) is 0 Å². The molecular formula is C10H12ClN3S. The maximum atomic E-state index is 6.03. The van der Waals surface area contributed by atoms with Gasteiger partial charge in [0.15, 0.2) is 0 Å². The molecule has 2 rings (SSSR count). The van der Waals surface area contributed by atoms with Crippen molar-refractivity contribution in [2.45, 2.75) is 20.4 Å². The topological polar surface area (TPSA) is 43.8 Å². The molecule has 0 aliphatic heterocycles. The van der Waals surface area contributed by atoms with Crippen molar-refractivity contribution in [1.29, 1.82) is 0 Å². The summed E-state index contributed by atoms with van der Waals surface area (Å²) in [6, 6.07) is 1.90. The Hall–Kier alpha value is -1.00. The second-order valence-electron chi connectivity index (χ2n) is 3.43. The van der Waals surface area contributed by atoms with E-state index in [1.165, 1.54) is 0 Å². The third kappa shape index (κ3) is 1.87. The average Bonchev–Trinajstić information content (AvgIpc) is 2.69. The van der Waals surface area contributed by atoms with Gasteiger partial charge in [0.25, 0.3) is 0 Å². The van der Waals surface area contributed by atoms with Crippen molar-refractivity contribution in [3.05, 3.63) is 32.7 Å². The van der Waals surface area contributed by atoms with Gasteiger partial charge in [-0.15, -0.1) is 11.3 Å². The van der Waals surface area contributed by atoms with Gasteiger partial charge >= 0.3 is 0 Å². The highest BCUT2D eigenvalue weighted by molar-refractivity contribution is 7.10. The maximum Gasteiger partial charge on any atom is 0.0826 e. The number of anilines is 1. The molecule has 0 aliphatic rings. The van der Waals surface area contributed by atoms with Crippen LogP contribution in [-0.2, 0) is 6.54 Å². The lowest BCUT2D eigenvalue weighted by Gasteiger charge is -2.02. The quantitative estimate of drug-likeness (QED) is 0.879. The molecule has 0 spiro atoms. The lowest BCUT2D eigenvalue weighted by molar-refractivity contribution is 0.666. The van der Waals surface area contributed by atoms with E-state index in [1.807, 2.05) is 30.0 Å². The third-order valence-corrected chi connectivity index (χ3v) is 3.79. The molecule has 15 heavy (non-hydrogen) atoms. The highest BCUT2D eigenvalue weighted by Crippen LogP contribution is 2.24. The predicted molar refractivity (Wildman–Crippen MR) is 64.5 cm³/mol. The van der Waals surface area contributed by atoms with Gasteiger partial charge in [0.1, 0.15) is 0 Å². The molecule has 0 atom stereocenters. The molecule has 0 unspecified atom stereocenters. The normalized spacial score (nSPS) is 10.9. The first-order valence-corrected chi connectivity index (χ1v) is 5.86. The van der Waals surface area contributed by atoms with Crippen LogP contribution in [0.4, 0.5) is 5.69 Å². The predicted octanol–water partition coefficient (Wildman–Crippen LogP) is 2.85. The van der Waals surface area contributed by atoms with Crippen molar-refractivity contribution in [1.82, 2.24) is 9.78 Å². The number of hydrogen-bond acceptors (Lipinski definition) is 3. The largest absolute Gasteiger partial charge is 0.396 e. The Kier molecular flexibility index (Phi) is 2.71. The molecule has 0 saturated carbocycles. The van der Waals surface area contributed by atoms with Crippen LogP contribution in [0.2, 0.25) is 5.02 Å². The molecule has 0 bridgehead atoms. The summed E-state index contributed by atoms with van der Waals surface area (Å²) >= 11 is 7.66. The molecule has 0 aliphatic carbocycles. The molecule has 3 nitrogen and oxygen atoms in total. The van der Waals surface area contributed by atoms with E-state index in [4.69, 9.17) is 17.3 Å². The molecular weight excluding hydrogens is 230 g/mol. The van der Waals surface area contributed by atoms with E-state index >= 15 is 0 Å². The number of thiophene rings is 1. The fraction of sp³-hybridized carbons (Fsp3) is 0.300. The number of aromatic nitrogens is 2. The van der Waals surface area contributed by atoms with Gasteiger partial charge in [0.05, 0.1) is 28.6 Å². The second-order valence-corrected chi connectivity index (χ2v) is 4.84. The fourth-order valence-corrected chi connectivity index (χ4v) is 2.52. The van der Waals surface area contributed by atoms with E-state index in [-0.39, 0.29) is 0 Å². The van der Waals surface area contributed by atoms with Gasteiger partial charge in [-0.2, -0.15) is 5.10 Å². The van der Waals surface area contributed by atoms with Gasteiger partial charge in [0, 0.05) is 4.88 Å². The summed E-state index contributed by atoms with van der Waals surface area (Å²) in [7, 11) is 0. The fourth-order valence-electron chi connectivity index (χ4n) is 1.44. The minimum Gasteiger partial charge on any atom is -0.396 e. The standard InChI is InChI=1S/C10H12ClN3S/c1-6-10(12)7(2)14(13-6)5-9-8(11)3-4-15-9/h3-4H,5,12H2,1-2H3. The van der Waals surface area contributed by atoms with Crippen LogP contribution in [0.3, 0.4) is 0 Å². The van der Waals surface area contributed by atoms with E-state index < -0.39 is 0 Å². The number of hydrogen-bond donors (Lipinski definition) is 1. The van der Waals surface area contributed by atoms with E-state index in [0.29, 0.717) is 6.54 Å². The zero-order valence-corrected chi connectivity index (χ0v) is 10.2. The van der Waals surface area contributed by atoms with E-state index in [0.717, 1.165) is 27.0 Å². The Morgan fingerprint density at radius 3 is 2.73 bits per heavy atom. The summed E-state index contributed by atoms with van der Waals surface area (Å²) in [4.78, 5) is 1.11. The Balaban J connectivity index is 2.33. The van der Waals surface area contributed by atoms with Crippen molar-refractivity contribution < 1.29 is 0 Å². The summed E-state index contributed by atoms with van der Waals surface area (Å²) in [5.41, 5.74) is 8.50. The third-order valence-electron chi connectivity index (χ3n) is 2.42. The Morgan fingerprint density at radius 1 is 1.53 bits per heavy atom. The maximum absolute atomic E-state index is 6.03. The van der Waals surface area contributed by atoms with E-state index in [2.05, 4.69) is 5.10 Å². The van der Waals surface area contributed by atoms with Crippen LogP contribution in [0.25, 0.3) is 0 Å². The lowest BCUT2D eigenvalue weighted by Crippen LogP contribution is -2.03. The molecule has 2 aromatic heterocycles.